The van der Waals surface area contributed by atoms with Gasteiger partial charge in [-0.25, -0.2) is 4.79 Å². The lowest BCUT2D eigenvalue weighted by Crippen LogP contribution is -2.14. The van der Waals surface area contributed by atoms with Crippen LogP contribution in [0.3, 0.4) is 0 Å². The van der Waals surface area contributed by atoms with Crippen molar-refractivity contribution in [2.45, 2.75) is 0 Å². The Bertz CT molecular complexity index is 274. The Morgan fingerprint density at radius 1 is 1.91 bits per heavy atom. The van der Waals surface area contributed by atoms with E-state index in [4.69, 9.17) is 5.26 Å². The van der Waals surface area contributed by atoms with Crippen molar-refractivity contribution in [2.75, 3.05) is 0 Å². The summed E-state index contributed by atoms with van der Waals surface area (Å²) in [4.78, 5) is 14.9. The number of nitrogens with zero attached hydrogens (tertiary/aromatic N) is 2. The van der Waals surface area contributed by atoms with Crippen molar-refractivity contribution in [2.24, 2.45) is 0 Å². The van der Waals surface area contributed by atoms with E-state index in [2.05, 4.69) is 14.5 Å². The average molecular weight is 153 g/mol. The number of hydroxylamine groups is 1. The predicted octanol–water partition coefficient (Wildman–Crippen LogP) is -0.183. The van der Waals surface area contributed by atoms with Crippen LogP contribution in [0.2, 0.25) is 0 Å². The lowest BCUT2D eigenvalue weighted by molar-refractivity contribution is 0.0352. The summed E-state index contributed by atoms with van der Waals surface area (Å²) >= 11 is 0. The van der Waals surface area contributed by atoms with Gasteiger partial charge in [0.2, 0.25) is 6.19 Å². The van der Waals surface area contributed by atoms with Gasteiger partial charge in [-0.05, 0) is 0 Å². The predicted molar refractivity (Wildman–Crippen MR) is 30.7 cm³/mol. The smallest absolute Gasteiger partial charge is 0.364 e. The highest BCUT2D eigenvalue weighted by Crippen LogP contribution is 1.94. The van der Waals surface area contributed by atoms with Gasteiger partial charge in [-0.1, -0.05) is 5.16 Å². The van der Waals surface area contributed by atoms with E-state index in [-0.39, 0.29) is 5.69 Å². The zero-order chi connectivity index (χ0) is 8.10. The van der Waals surface area contributed by atoms with Crippen LogP contribution in [-0.2, 0) is 4.84 Å². The fourth-order valence-electron chi connectivity index (χ4n) is 0.439. The normalized spacial score (nSPS) is 8.27. The van der Waals surface area contributed by atoms with Crippen molar-refractivity contribution in [1.82, 2.24) is 10.6 Å². The topological polar surface area (TPSA) is 88.1 Å². The molecule has 1 heterocycles. The third kappa shape index (κ3) is 1.69. The summed E-state index contributed by atoms with van der Waals surface area (Å²) in [5.74, 6) is -0.764. The van der Waals surface area contributed by atoms with E-state index in [9.17, 15) is 4.79 Å². The Balaban J connectivity index is 2.51. The van der Waals surface area contributed by atoms with Crippen molar-refractivity contribution >= 4 is 5.97 Å². The third-order valence-electron chi connectivity index (χ3n) is 0.836. The second kappa shape index (κ2) is 3.22. The molecule has 6 heteroatoms. The molecule has 0 spiro atoms. The summed E-state index contributed by atoms with van der Waals surface area (Å²) in [6.45, 7) is 0. The fraction of sp³-hybridized carbons (Fsp3) is 0. The minimum atomic E-state index is -0.764. The van der Waals surface area contributed by atoms with Crippen LogP contribution in [0.1, 0.15) is 10.5 Å². The van der Waals surface area contributed by atoms with Gasteiger partial charge in [0.1, 0.15) is 6.26 Å². The summed E-state index contributed by atoms with van der Waals surface area (Å²) in [5.41, 5.74) is 1.72. The van der Waals surface area contributed by atoms with Crippen LogP contribution in [0, 0.1) is 11.5 Å². The van der Waals surface area contributed by atoms with Gasteiger partial charge < -0.3 is 9.36 Å². The molecular weight excluding hydrogens is 150 g/mol. The summed E-state index contributed by atoms with van der Waals surface area (Å²) in [5, 5.41) is 11.2. The highest BCUT2D eigenvalue weighted by atomic mass is 16.7. The first-order chi connectivity index (χ1) is 5.34. The second-order valence-electron chi connectivity index (χ2n) is 1.49. The van der Waals surface area contributed by atoms with Gasteiger partial charge in [0.25, 0.3) is 0 Å². The van der Waals surface area contributed by atoms with Crippen molar-refractivity contribution in [1.29, 1.82) is 5.26 Å². The maximum absolute atomic E-state index is 10.7. The van der Waals surface area contributed by atoms with E-state index < -0.39 is 5.97 Å². The SMILES string of the molecule is N#CNOC(=O)c1ccon1. The molecule has 0 aliphatic rings. The van der Waals surface area contributed by atoms with Crippen molar-refractivity contribution in [3.63, 3.8) is 0 Å². The molecule has 0 saturated carbocycles. The molecule has 1 N–H and O–H groups in total. The number of carbonyl (C=O) groups is 1. The lowest BCUT2D eigenvalue weighted by atomic mass is 10.5. The number of carbonyl (C=O) groups excluding carboxylic acids is 1. The standard InChI is InChI=1S/C5H3N3O3/c6-3-7-11-5(9)4-1-2-10-8-4/h1-2,7H. The molecule has 0 radical (unpaired) electrons. The molecule has 0 unspecified atom stereocenters. The van der Waals surface area contributed by atoms with Crippen LogP contribution < -0.4 is 5.48 Å². The molecule has 0 saturated heterocycles. The van der Waals surface area contributed by atoms with Crippen LogP contribution in [0.15, 0.2) is 16.9 Å². The molecule has 1 aromatic rings. The lowest BCUT2D eigenvalue weighted by Gasteiger charge is -1.92. The van der Waals surface area contributed by atoms with Gasteiger partial charge in [-0.2, -0.15) is 10.7 Å². The molecule has 1 rings (SSSR count). The van der Waals surface area contributed by atoms with Crippen LogP contribution in [-0.4, -0.2) is 11.1 Å². The molecular formula is C5H3N3O3. The Morgan fingerprint density at radius 3 is 3.27 bits per heavy atom. The first kappa shape index (κ1) is 7.08. The maximum Gasteiger partial charge on any atom is 0.385 e. The van der Waals surface area contributed by atoms with Gasteiger partial charge in [0.05, 0.1) is 0 Å². The molecule has 6 nitrogen and oxygen atoms in total. The van der Waals surface area contributed by atoms with E-state index in [1.54, 1.807) is 5.48 Å². The zero-order valence-corrected chi connectivity index (χ0v) is 5.27. The molecule has 1 aromatic heterocycles. The molecule has 0 bridgehead atoms. The van der Waals surface area contributed by atoms with Crippen molar-refractivity contribution < 1.29 is 14.2 Å². The number of rotatable bonds is 2. The number of nitriles is 1. The highest BCUT2D eigenvalue weighted by Gasteiger charge is 2.09. The quantitative estimate of drug-likeness (QED) is 0.360. The Hall–Kier alpha value is -2.03. The Morgan fingerprint density at radius 2 is 2.73 bits per heavy atom. The van der Waals surface area contributed by atoms with Crippen LogP contribution in [0.5, 0.6) is 0 Å². The average Bonchev–Trinajstić information content (AvgIpc) is 2.52. The molecule has 0 fully saturated rings. The molecule has 11 heavy (non-hydrogen) atoms. The van der Waals surface area contributed by atoms with Gasteiger partial charge in [0.15, 0.2) is 5.69 Å². The van der Waals surface area contributed by atoms with Crippen molar-refractivity contribution in [3.8, 4) is 6.19 Å². The monoisotopic (exact) mass is 153 g/mol. The second-order valence-corrected chi connectivity index (χ2v) is 1.49. The maximum atomic E-state index is 10.7. The minimum absolute atomic E-state index is 0.00718. The van der Waals surface area contributed by atoms with Crippen LogP contribution in [0.25, 0.3) is 0 Å². The molecule has 0 aliphatic carbocycles. The van der Waals surface area contributed by atoms with Crippen LogP contribution >= 0.6 is 0 Å². The summed E-state index contributed by atoms with van der Waals surface area (Å²) in [6, 6.07) is 1.32. The number of nitrogens with one attached hydrogen (secondary N) is 1. The minimum Gasteiger partial charge on any atom is -0.364 e. The number of hydrogen-bond donors (Lipinski definition) is 1. The fourth-order valence-corrected chi connectivity index (χ4v) is 0.439. The van der Waals surface area contributed by atoms with E-state index in [1.807, 2.05) is 0 Å². The zero-order valence-electron chi connectivity index (χ0n) is 5.27. The molecule has 0 aliphatic heterocycles. The van der Waals surface area contributed by atoms with E-state index in [0.717, 1.165) is 0 Å². The highest BCUT2D eigenvalue weighted by molar-refractivity contribution is 5.86. The Kier molecular flexibility index (Phi) is 2.07. The largest absolute Gasteiger partial charge is 0.385 e. The van der Waals surface area contributed by atoms with Gasteiger partial charge in [-0.3, -0.25) is 0 Å². The summed E-state index contributed by atoms with van der Waals surface area (Å²) in [6.07, 6.45) is 2.63. The Labute approximate surface area is 61.3 Å². The van der Waals surface area contributed by atoms with Gasteiger partial charge in [0, 0.05) is 6.07 Å². The molecule has 0 atom stereocenters. The molecule has 0 amide bonds. The van der Waals surface area contributed by atoms with Crippen molar-refractivity contribution in [3.05, 3.63) is 18.0 Å². The molecule has 0 aromatic carbocycles. The summed E-state index contributed by atoms with van der Waals surface area (Å²) < 4.78 is 4.35. The van der Waals surface area contributed by atoms with Gasteiger partial charge >= 0.3 is 5.97 Å². The van der Waals surface area contributed by atoms with Gasteiger partial charge in [-0.15, -0.1) is 0 Å². The van der Waals surface area contributed by atoms with E-state index in [0.29, 0.717) is 0 Å². The molecule has 56 valence electrons. The number of aromatic nitrogens is 1. The first-order valence-corrected chi connectivity index (χ1v) is 2.60. The summed E-state index contributed by atoms with van der Waals surface area (Å²) in [7, 11) is 0. The third-order valence-corrected chi connectivity index (χ3v) is 0.836. The van der Waals surface area contributed by atoms with E-state index >= 15 is 0 Å². The first-order valence-electron chi connectivity index (χ1n) is 2.60. The number of hydrogen-bond acceptors (Lipinski definition) is 6. The van der Waals surface area contributed by atoms with Crippen LogP contribution in [0.4, 0.5) is 0 Å². The van der Waals surface area contributed by atoms with E-state index in [1.165, 1.54) is 18.5 Å².